The number of pyridine rings is 1. The molecule has 0 atom stereocenters. The largest absolute Gasteiger partial charge is 0.503 e. The van der Waals surface area contributed by atoms with Crippen molar-refractivity contribution in [1.82, 2.24) is 4.98 Å². The minimum Gasteiger partial charge on any atom is -0.450 e. The van der Waals surface area contributed by atoms with E-state index in [4.69, 9.17) is 15.0 Å². The van der Waals surface area contributed by atoms with Gasteiger partial charge in [0.05, 0.1) is 5.52 Å². The van der Waals surface area contributed by atoms with E-state index in [2.05, 4.69) is 4.98 Å². The van der Waals surface area contributed by atoms with Gasteiger partial charge in [0.1, 0.15) is 0 Å². The molecule has 0 aliphatic rings. The highest BCUT2D eigenvalue weighted by atomic mass is 19.2. The second kappa shape index (κ2) is 5.15. The van der Waals surface area contributed by atoms with Crippen LogP contribution in [-0.4, -0.2) is 21.4 Å². The zero-order valence-electron chi connectivity index (χ0n) is 8.19. The van der Waals surface area contributed by atoms with Crippen LogP contribution in [0.5, 0.6) is 0 Å². The van der Waals surface area contributed by atoms with E-state index < -0.39 is 23.7 Å². The fourth-order valence-corrected chi connectivity index (χ4v) is 1.12. The lowest BCUT2D eigenvalue weighted by molar-refractivity contribution is 0.137. The molecule has 0 unspecified atom stereocenters. The van der Waals surface area contributed by atoms with Crippen molar-refractivity contribution >= 4 is 17.1 Å². The van der Waals surface area contributed by atoms with Crippen LogP contribution in [0.4, 0.5) is 18.0 Å². The van der Waals surface area contributed by atoms with Crippen LogP contribution in [0.25, 0.3) is 10.9 Å². The molecule has 2 N–H and O–H groups in total. The number of rotatable bonds is 0. The van der Waals surface area contributed by atoms with E-state index in [1.54, 1.807) is 6.07 Å². The summed E-state index contributed by atoms with van der Waals surface area (Å²) in [5, 5.41) is 13.9. The van der Waals surface area contributed by atoms with Crippen molar-refractivity contribution in [2.45, 2.75) is 0 Å². The highest BCUT2D eigenvalue weighted by Gasteiger charge is 2.13. The molecule has 0 aliphatic heterocycles. The monoisotopic (exact) mass is 245 g/mol. The maximum Gasteiger partial charge on any atom is 0.503 e. The molecule has 0 bridgehead atoms. The lowest BCUT2D eigenvalue weighted by atomic mass is 10.2. The summed E-state index contributed by atoms with van der Waals surface area (Å²) in [5.74, 6) is -4.13. The molecule has 0 aliphatic carbocycles. The fraction of sp³-hybridized carbons (Fsp3) is 0. The third-order valence-electron chi connectivity index (χ3n) is 1.73. The minimum atomic E-state index is -1.83. The lowest BCUT2D eigenvalue weighted by Gasteiger charge is -1.99. The standard InChI is InChI=1S/C9H4F3N.CH2O3/c10-7-5-3-1-2-4-6(5)13-9(12)8(7)11;2-1(3)4/h1-4H;(H2,2,3,4). The van der Waals surface area contributed by atoms with Crippen LogP contribution in [0.2, 0.25) is 0 Å². The average Bonchev–Trinajstić information content (AvgIpc) is 2.25. The van der Waals surface area contributed by atoms with Crippen molar-refractivity contribution in [2.24, 2.45) is 0 Å². The SMILES string of the molecule is Fc1nc2ccccc2c(F)c1F.O=C(O)O. The molecule has 0 fully saturated rings. The molecule has 1 aromatic carbocycles. The molecular weight excluding hydrogens is 239 g/mol. The maximum absolute atomic E-state index is 13.0. The summed E-state index contributed by atoms with van der Waals surface area (Å²) in [6.45, 7) is 0. The fourth-order valence-electron chi connectivity index (χ4n) is 1.12. The molecule has 0 saturated heterocycles. The third kappa shape index (κ3) is 3.07. The number of benzene rings is 1. The second-order valence-electron chi connectivity index (χ2n) is 2.83. The quantitative estimate of drug-likeness (QED) is 0.700. The molecule has 1 heterocycles. The van der Waals surface area contributed by atoms with Crippen LogP contribution in [0.3, 0.4) is 0 Å². The minimum absolute atomic E-state index is 0.0126. The Morgan fingerprint density at radius 1 is 1.06 bits per heavy atom. The van der Waals surface area contributed by atoms with Crippen LogP contribution in [-0.2, 0) is 0 Å². The molecule has 0 radical (unpaired) electrons. The summed E-state index contributed by atoms with van der Waals surface area (Å²) < 4.78 is 38.2. The first-order valence-corrected chi connectivity index (χ1v) is 4.24. The van der Waals surface area contributed by atoms with Crippen molar-refractivity contribution in [3.63, 3.8) is 0 Å². The predicted octanol–water partition coefficient (Wildman–Crippen LogP) is 2.87. The van der Waals surface area contributed by atoms with Gasteiger partial charge in [0.25, 0.3) is 5.95 Å². The number of fused-ring (bicyclic) bond motifs is 1. The number of carbonyl (C=O) groups is 1. The van der Waals surface area contributed by atoms with Gasteiger partial charge in [0, 0.05) is 5.39 Å². The van der Waals surface area contributed by atoms with Crippen LogP contribution >= 0.6 is 0 Å². The van der Waals surface area contributed by atoms with E-state index in [1.807, 2.05) is 0 Å². The topological polar surface area (TPSA) is 70.4 Å². The summed E-state index contributed by atoms with van der Waals surface area (Å²) in [6, 6.07) is 5.87. The molecule has 2 rings (SSSR count). The third-order valence-corrected chi connectivity index (χ3v) is 1.73. The number of hydrogen-bond donors (Lipinski definition) is 2. The number of carboxylic acid groups (broad SMARTS) is 2. The van der Waals surface area contributed by atoms with Gasteiger partial charge in [0.2, 0.25) is 5.82 Å². The van der Waals surface area contributed by atoms with E-state index in [0.717, 1.165) is 0 Å². The maximum atomic E-state index is 13.0. The molecule has 0 spiro atoms. The van der Waals surface area contributed by atoms with Gasteiger partial charge in [-0.15, -0.1) is 0 Å². The van der Waals surface area contributed by atoms with E-state index >= 15 is 0 Å². The van der Waals surface area contributed by atoms with Gasteiger partial charge >= 0.3 is 6.16 Å². The first kappa shape index (κ1) is 12.8. The molecule has 1 aromatic heterocycles. The van der Waals surface area contributed by atoms with Crippen LogP contribution in [0.1, 0.15) is 0 Å². The Morgan fingerprint density at radius 3 is 2.18 bits per heavy atom. The highest BCUT2D eigenvalue weighted by Crippen LogP contribution is 2.19. The van der Waals surface area contributed by atoms with Gasteiger partial charge in [-0.05, 0) is 12.1 Å². The number of nitrogens with zero attached hydrogens (tertiary/aromatic N) is 1. The number of aromatic nitrogens is 1. The summed E-state index contributed by atoms with van der Waals surface area (Å²) in [6.07, 6.45) is -1.83. The summed E-state index contributed by atoms with van der Waals surface area (Å²) in [5.41, 5.74) is 0.110. The average molecular weight is 245 g/mol. The van der Waals surface area contributed by atoms with Crippen LogP contribution in [0, 0.1) is 17.6 Å². The van der Waals surface area contributed by atoms with Gasteiger partial charge in [-0.1, -0.05) is 12.1 Å². The van der Waals surface area contributed by atoms with Crippen LogP contribution in [0.15, 0.2) is 24.3 Å². The van der Waals surface area contributed by atoms with Gasteiger partial charge < -0.3 is 10.2 Å². The predicted molar refractivity (Wildman–Crippen MR) is 52.3 cm³/mol. The second-order valence-corrected chi connectivity index (χ2v) is 2.83. The Hall–Kier alpha value is -2.31. The van der Waals surface area contributed by atoms with E-state index in [1.165, 1.54) is 18.2 Å². The summed E-state index contributed by atoms with van der Waals surface area (Å²) >= 11 is 0. The number of hydrogen-bond acceptors (Lipinski definition) is 2. The Morgan fingerprint density at radius 2 is 1.59 bits per heavy atom. The normalized spacial score (nSPS) is 9.59. The zero-order valence-corrected chi connectivity index (χ0v) is 8.19. The molecule has 0 amide bonds. The lowest BCUT2D eigenvalue weighted by Crippen LogP contribution is -1.95. The van der Waals surface area contributed by atoms with Crippen molar-refractivity contribution < 1.29 is 28.2 Å². The molecule has 90 valence electrons. The van der Waals surface area contributed by atoms with Crippen molar-refractivity contribution in [2.75, 3.05) is 0 Å². The van der Waals surface area contributed by atoms with E-state index in [0.29, 0.717) is 0 Å². The Balaban J connectivity index is 0.000000317. The van der Waals surface area contributed by atoms with Gasteiger partial charge in [-0.25, -0.2) is 14.2 Å². The van der Waals surface area contributed by atoms with Crippen molar-refractivity contribution in [1.29, 1.82) is 0 Å². The molecule has 7 heteroatoms. The van der Waals surface area contributed by atoms with Gasteiger partial charge in [0.15, 0.2) is 5.82 Å². The van der Waals surface area contributed by atoms with Gasteiger partial charge in [-0.2, -0.15) is 8.78 Å². The summed E-state index contributed by atoms with van der Waals surface area (Å²) in [7, 11) is 0. The van der Waals surface area contributed by atoms with E-state index in [-0.39, 0.29) is 10.9 Å². The Kier molecular flexibility index (Phi) is 3.86. The smallest absolute Gasteiger partial charge is 0.450 e. The zero-order chi connectivity index (χ0) is 13.0. The molecule has 0 saturated carbocycles. The highest BCUT2D eigenvalue weighted by molar-refractivity contribution is 5.78. The molecule has 4 nitrogen and oxygen atoms in total. The molecule has 17 heavy (non-hydrogen) atoms. The van der Waals surface area contributed by atoms with Crippen LogP contribution < -0.4 is 0 Å². The Bertz CT molecular complexity index is 556. The van der Waals surface area contributed by atoms with Crippen molar-refractivity contribution in [3.8, 4) is 0 Å². The molecular formula is C10H6F3NO3. The first-order chi connectivity index (χ1) is 7.93. The Labute approximate surface area is 93.0 Å². The van der Waals surface area contributed by atoms with E-state index in [9.17, 15) is 13.2 Å². The number of para-hydroxylation sites is 1. The number of halogens is 3. The first-order valence-electron chi connectivity index (χ1n) is 4.24. The van der Waals surface area contributed by atoms with Crippen molar-refractivity contribution in [3.05, 3.63) is 41.8 Å². The summed E-state index contributed by atoms with van der Waals surface area (Å²) in [4.78, 5) is 11.8. The molecule has 2 aromatic rings. The van der Waals surface area contributed by atoms with Gasteiger partial charge in [-0.3, -0.25) is 0 Å².